The van der Waals surface area contributed by atoms with Gasteiger partial charge in [0.1, 0.15) is 5.75 Å². The number of carbonyl (C=O) groups is 1. The van der Waals surface area contributed by atoms with E-state index < -0.39 is 10.0 Å². The molecule has 2 heterocycles. The first-order chi connectivity index (χ1) is 12.4. The number of hydrogen-bond acceptors (Lipinski definition) is 4. The monoisotopic (exact) mass is 372 g/mol. The van der Waals surface area contributed by atoms with E-state index in [-0.39, 0.29) is 16.7 Å². The van der Waals surface area contributed by atoms with Crippen molar-refractivity contribution < 1.29 is 17.9 Å². The zero-order chi connectivity index (χ0) is 18.5. The Morgan fingerprint density at radius 3 is 2.62 bits per heavy atom. The lowest BCUT2D eigenvalue weighted by molar-refractivity contribution is -0.119. The number of aryl methyl sites for hydroxylation is 1. The Morgan fingerprint density at radius 2 is 1.92 bits per heavy atom. The Kier molecular flexibility index (Phi) is 3.91. The summed E-state index contributed by atoms with van der Waals surface area (Å²) in [5.74, 6) is 0.402. The third kappa shape index (κ3) is 2.63. The molecule has 2 aliphatic rings. The van der Waals surface area contributed by atoms with Gasteiger partial charge in [0.15, 0.2) is 0 Å². The van der Waals surface area contributed by atoms with Crippen LogP contribution in [0.25, 0.3) is 0 Å². The van der Waals surface area contributed by atoms with Crippen LogP contribution in [0.5, 0.6) is 5.75 Å². The van der Waals surface area contributed by atoms with Crippen molar-refractivity contribution in [1.29, 1.82) is 0 Å². The number of anilines is 2. The average Bonchev–Trinajstić information content (AvgIpc) is 2.89. The highest BCUT2D eigenvalue weighted by Crippen LogP contribution is 2.44. The largest absolute Gasteiger partial charge is 0.497 e. The van der Waals surface area contributed by atoms with Gasteiger partial charge in [0.2, 0.25) is 5.91 Å². The molecule has 0 fully saturated rings. The highest BCUT2D eigenvalue weighted by molar-refractivity contribution is 7.92. The molecule has 0 spiro atoms. The highest BCUT2D eigenvalue weighted by Gasteiger charge is 2.38. The summed E-state index contributed by atoms with van der Waals surface area (Å²) >= 11 is 0. The molecule has 26 heavy (non-hydrogen) atoms. The fourth-order valence-electron chi connectivity index (χ4n) is 3.69. The van der Waals surface area contributed by atoms with Crippen molar-refractivity contribution in [3.8, 4) is 5.75 Å². The molecule has 4 rings (SSSR count). The zero-order valence-corrected chi connectivity index (χ0v) is 15.5. The van der Waals surface area contributed by atoms with Gasteiger partial charge >= 0.3 is 0 Å². The SMILES string of the molecule is COc1ccc(NS(=O)(=O)c2cc3c4c(c2)[C@@H](C)C(=O)N4CCC3)cc1. The lowest BCUT2D eigenvalue weighted by Crippen LogP contribution is -2.32. The summed E-state index contributed by atoms with van der Waals surface area (Å²) in [4.78, 5) is 14.4. The van der Waals surface area contributed by atoms with Gasteiger partial charge in [0, 0.05) is 12.2 Å². The molecule has 1 amide bonds. The van der Waals surface area contributed by atoms with Crippen LogP contribution in [0.1, 0.15) is 30.4 Å². The van der Waals surface area contributed by atoms with E-state index in [4.69, 9.17) is 4.74 Å². The van der Waals surface area contributed by atoms with E-state index in [1.807, 2.05) is 6.92 Å². The molecule has 0 unspecified atom stereocenters. The number of rotatable bonds is 4. The molecule has 2 aliphatic heterocycles. The Morgan fingerprint density at radius 1 is 1.19 bits per heavy atom. The van der Waals surface area contributed by atoms with E-state index >= 15 is 0 Å². The predicted octanol–water partition coefficient (Wildman–Crippen LogP) is 2.89. The molecule has 0 aliphatic carbocycles. The van der Waals surface area contributed by atoms with Crippen LogP contribution in [0.2, 0.25) is 0 Å². The first-order valence-electron chi connectivity index (χ1n) is 8.56. The Hall–Kier alpha value is -2.54. The van der Waals surface area contributed by atoms with E-state index in [0.29, 0.717) is 18.0 Å². The molecule has 0 aromatic heterocycles. The van der Waals surface area contributed by atoms with Gasteiger partial charge < -0.3 is 9.64 Å². The number of amides is 1. The smallest absolute Gasteiger partial charge is 0.261 e. The fraction of sp³-hybridized carbons (Fsp3) is 0.316. The van der Waals surface area contributed by atoms with Crippen LogP contribution in [-0.4, -0.2) is 28.0 Å². The van der Waals surface area contributed by atoms with Gasteiger partial charge in [0.25, 0.3) is 10.0 Å². The molecule has 1 atom stereocenters. The number of benzene rings is 2. The molecular weight excluding hydrogens is 352 g/mol. The van der Waals surface area contributed by atoms with Gasteiger partial charge in [-0.2, -0.15) is 0 Å². The molecule has 136 valence electrons. The molecule has 2 aromatic rings. The Balaban J connectivity index is 1.72. The van der Waals surface area contributed by atoms with Gasteiger partial charge in [-0.15, -0.1) is 0 Å². The molecule has 0 saturated carbocycles. The number of sulfonamides is 1. The molecule has 6 nitrogen and oxygen atoms in total. The normalized spacial score (nSPS) is 18.6. The maximum Gasteiger partial charge on any atom is 0.261 e. The van der Waals surface area contributed by atoms with Crippen LogP contribution in [0, 0.1) is 0 Å². The van der Waals surface area contributed by atoms with Crippen molar-refractivity contribution in [3.63, 3.8) is 0 Å². The summed E-state index contributed by atoms with van der Waals surface area (Å²) in [5, 5.41) is 0. The zero-order valence-electron chi connectivity index (χ0n) is 14.7. The van der Waals surface area contributed by atoms with E-state index in [1.165, 1.54) is 0 Å². The Labute approximate surface area is 152 Å². The van der Waals surface area contributed by atoms with E-state index in [0.717, 1.165) is 29.7 Å². The highest BCUT2D eigenvalue weighted by atomic mass is 32.2. The van der Waals surface area contributed by atoms with Gasteiger partial charge in [-0.1, -0.05) is 0 Å². The van der Waals surface area contributed by atoms with E-state index in [1.54, 1.807) is 48.4 Å². The maximum absolute atomic E-state index is 12.9. The van der Waals surface area contributed by atoms with Gasteiger partial charge in [-0.3, -0.25) is 9.52 Å². The number of ether oxygens (including phenoxy) is 1. The predicted molar refractivity (Wildman–Crippen MR) is 99.3 cm³/mol. The van der Waals surface area contributed by atoms with Crippen molar-refractivity contribution in [2.24, 2.45) is 0 Å². The molecular formula is C19H20N2O4S. The van der Waals surface area contributed by atoms with Gasteiger partial charge in [-0.25, -0.2) is 8.42 Å². The number of nitrogens with zero attached hydrogens (tertiary/aromatic N) is 1. The van der Waals surface area contributed by atoms with Crippen molar-refractivity contribution in [2.75, 3.05) is 23.3 Å². The Bertz CT molecular complexity index is 983. The summed E-state index contributed by atoms with van der Waals surface area (Å²) in [6, 6.07) is 10.0. The van der Waals surface area contributed by atoms with Crippen LogP contribution >= 0.6 is 0 Å². The van der Waals surface area contributed by atoms with Crippen molar-refractivity contribution >= 4 is 27.3 Å². The quantitative estimate of drug-likeness (QED) is 0.895. The second-order valence-corrected chi connectivity index (χ2v) is 8.35. The molecule has 0 bridgehead atoms. The van der Waals surface area contributed by atoms with Crippen LogP contribution in [0.3, 0.4) is 0 Å². The lowest BCUT2D eigenvalue weighted by atomic mass is 9.97. The maximum atomic E-state index is 12.9. The van der Waals surface area contributed by atoms with Crippen molar-refractivity contribution in [3.05, 3.63) is 47.5 Å². The van der Waals surface area contributed by atoms with Gasteiger partial charge in [0.05, 0.1) is 23.6 Å². The fourth-order valence-corrected chi connectivity index (χ4v) is 4.84. The summed E-state index contributed by atoms with van der Waals surface area (Å²) < 4.78 is 33.4. The number of methoxy groups -OCH3 is 1. The van der Waals surface area contributed by atoms with E-state index in [9.17, 15) is 13.2 Å². The van der Waals surface area contributed by atoms with E-state index in [2.05, 4.69) is 4.72 Å². The van der Waals surface area contributed by atoms with Crippen LogP contribution < -0.4 is 14.4 Å². The minimum absolute atomic E-state index is 0.0543. The van der Waals surface area contributed by atoms with Crippen LogP contribution in [0.15, 0.2) is 41.3 Å². The van der Waals surface area contributed by atoms with Crippen molar-refractivity contribution in [2.45, 2.75) is 30.6 Å². The second-order valence-electron chi connectivity index (χ2n) is 6.67. The molecule has 1 N–H and O–H groups in total. The minimum Gasteiger partial charge on any atom is -0.497 e. The third-order valence-corrected chi connectivity index (χ3v) is 6.41. The summed E-state index contributed by atoms with van der Waals surface area (Å²) in [6.07, 6.45) is 1.63. The average molecular weight is 372 g/mol. The first-order valence-corrected chi connectivity index (χ1v) is 10.0. The first kappa shape index (κ1) is 16.9. The number of carbonyl (C=O) groups excluding carboxylic acids is 1. The van der Waals surface area contributed by atoms with Gasteiger partial charge in [-0.05, 0) is 67.3 Å². The standard InChI is InChI=1S/C19H20N2O4S/c1-12-17-11-16(10-13-4-3-9-21(18(13)17)19(12)22)26(23,24)20-14-5-7-15(25-2)8-6-14/h5-8,10-12,20H,3-4,9H2,1-2H3/t12-/m1/s1. The van der Waals surface area contributed by atoms with Crippen LogP contribution in [-0.2, 0) is 21.2 Å². The summed E-state index contributed by atoms with van der Waals surface area (Å²) in [6.45, 7) is 2.54. The van der Waals surface area contributed by atoms with Crippen molar-refractivity contribution in [1.82, 2.24) is 0 Å². The second kappa shape index (κ2) is 6.02. The third-order valence-electron chi connectivity index (χ3n) is 5.05. The topological polar surface area (TPSA) is 75.7 Å². The summed E-state index contributed by atoms with van der Waals surface area (Å²) in [7, 11) is -2.19. The lowest BCUT2D eigenvalue weighted by Gasteiger charge is -2.26. The minimum atomic E-state index is -3.74. The number of hydrogen-bond donors (Lipinski definition) is 1. The molecule has 2 aromatic carbocycles. The number of nitrogens with one attached hydrogen (secondary N) is 1. The summed E-state index contributed by atoms with van der Waals surface area (Å²) in [5.41, 5.74) is 3.12. The molecule has 7 heteroatoms. The van der Waals surface area contributed by atoms with Crippen LogP contribution in [0.4, 0.5) is 11.4 Å². The molecule has 0 saturated heterocycles. The molecule has 0 radical (unpaired) electrons.